The third kappa shape index (κ3) is 2.51. The predicted octanol–water partition coefficient (Wildman–Crippen LogP) is 3.76. The minimum Gasteiger partial charge on any atom is -0.391 e. The normalized spacial score (nSPS) is 10.7. The molecule has 0 amide bonds. The van der Waals surface area contributed by atoms with Crippen LogP contribution >= 0.6 is 22.9 Å². The third-order valence-corrected chi connectivity index (χ3v) is 4.22. The molecule has 0 atom stereocenters. The van der Waals surface area contributed by atoms with Gasteiger partial charge in [0.05, 0.1) is 11.5 Å². The molecule has 3 nitrogen and oxygen atoms in total. The van der Waals surface area contributed by atoms with E-state index in [0.717, 1.165) is 17.4 Å². The van der Waals surface area contributed by atoms with E-state index >= 15 is 0 Å². The van der Waals surface area contributed by atoms with Crippen LogP contribution in [0.4, 0.5) is 10.8 Å². The van der Waals surface area contributed by atoms with Gasteiger partial charge in [-0.25, -0.2) is 4.98 Å². The molecule has 0 spiro atoms. The molecular formula is C13H15ClN2OS. The number of nitrogens with zero attached hydrogens (tertiary/aromatic N) is 2. The lowest BCUT2D eigenvalue weighted by Gasteiger charge is -2.21. The molecule has 1 aromatic heterocycles. The zero-order chi connectivity index (χ0) is 13.1. The molecule has 0 aliphatic rings. The van der Waals surface area contributed by atoms with E-state index in [4.69, 9.17) is 11.6 Å². The van der Waals surface area contributed by atoms with Gasteiger partial charge in [0.15, 0.2) is 5.13 Å². The summed E-state index contributed by atoms with van der Waals surface area (Å²) in [6.07, 6.45) is 0. The first-order chi connectivity index (χ1) is 8.67. The number of aliphatic hydroxyl groups is 1. The summed E-state index contributed by atoms with van der Waals surface area (Å²) in [5.41, 5.74) is 2.31. The van der Waals surface area contributed by atoms with Crippen LogP contribution in [-0.2, 0) is 6.61 Å². The molecule has 96 valence electrons. The van der Waals surface area contributed by atoms with Gasteiger partial charge in [-0.15, -0.1) is 0 Å². The zero-order valence-corrected chi connectivity index (χ0v) is 11.9. The molecule has 1 N–H and O–H groups in total. The second-order valence-electron chi connectivity index (χ2n) is 3.90. The van der Waals surface area contributed by atoms with Gasteiger partial charge in [0.2, 0.25) is 0 Å². The minimum atomic E-state index is -0.0676. The Kier molecular flexibility index (Phi) is 4.22. The first kappa shape index (κ1) is 13.3. The van der Waals surface area contributed by atoms with E-state index in [1.165, 1.54) is 16.9 Å². The molecule has 5 heteroatoms. The maximum atomic E-state index is 9.18. The lowest BCUT2D eigenvalue weighted by molar-refractivity contribution is 0.285. The molecule has 18 heavy (non-hydrogen) atoms. The van der Waals surface area contributed by atoms with Crippen LogP contribution in [0.1, 0.15) is 17.4 Å². The number of para-hydroxylation sites is 1. The number of thiazole rings is 1. The number of hydrogen-bond donors (Lipinski definition) is 1. The number of benzene rings is 1. The van der Waals surface area contributed by atoms with Crippen molar-refractivity contribution in [2.75, 3.05) is 11.4 Å². The van der Waals surface area contributed by atoms with Gasteiger partial charge >= 0.3 is 0 Å². The van der Waals surface area contributed by atoms with Crippen molar-refractivity contribution in [2.24, 2.45) is 0 Å². The highest BCUT2D eigenvalue weighted by Gasteiger charge is 2.16. The third-order valence-electron chi connectivity index (χ3n) is 2.74. The van der Waals surface area contributed by atoms with E-state index in [1.54, 1.807) is 0 Å². The van der Waals surface area contributed by atoms with Crippen molar-refractivity contribution in [1.82, 2.24) is 4.98 Å². The van der Waals surface area contributed by atoms with Crippen molar-refractivity contribution in [3.63, 3.8) is 0 Å². The fourth-order valence-corrected chi connectivity index (χ4v) is 3.00. The van der Waals surface area contributed by atoms with Crippen LogP contribution in [0.5, 0.6) is 0 Å². The summed E-state index contributed by atoms with van der Waals surface area (Å²) in [5.74, 6) is 0. The highest BCUT2D eigenvalue weighted by Crippen LogP contribution is 2.34. The summed E-state index contributed by atoms with van der Waals surface area (Å²) in [4.78, 5) is 7.13. The number of aryl methyl sites for hydroxylation is 1. The second kappa shape index (κ2) is 5.69. The lowest BCUT2D eigenvalue weighted by atomic mass is 10.2. The zero-order valence-electron chi connectivity index (χ0n) is 10.4. The molecule has 0 saturated carbocycles. The number of anilines is 2. The van der Waals surface area contributed by atoms with Crippen LogP contribution in [0.3, 0.4) is 0 Å². The van der Waals surface area contributed by atoms with Crippen molar-refractivity contribution in [1.29, 1.82) is 0 Å². The van der Waals surface area contributed by atoms with E-state index in [9.17, 15) is 5.11 Å². The van der Waals surface area contributed by atoms with Crippen molar-refractivity contribution in [3.8, 4) is 0 Å². The van der Waals surface area contributed by atoms with E-state index < -0.39 is 0 Å². The summed E-state index contributed by atoms with van der Waals surface area (Å²) >= 11 is 7.41. The molecule has 0 fully saturated rings. The Morgan fingerprint density at radius 2 is 2.11 bits per heavy atom. The summed E-state index contributed by atoms with van der Waals surface area (Å²) < 4.78 is 0. The number of halogens is 1. The number of hydrogen-bond acceptors (Lipinski definition) is 4. The summed E-state index contributed by atoms with van der Waals surface area (Å²) in [6, 6.07) is 8.15. The Hall–Kier alpha value is -1.10. The maximum Gasteiger partial charge on any atom is 0.191 e. The first-order valence-corrected chi connectivity index (χ1v) is 6.96. The molecule has 0 bridgehead atoms. The van der Waals surface area contributed by atoms with E-state index in [2.05, 4.69) is 35.9 Å². The minimum absolute atomic E-state index is 0.0676. The highest BCUT2D eigenvalue weighted by atomic mass is 35.5. The Morgan fingerprint density at radius 3 is 2.67 bits per heavy atom. The van der Waals surface area contributed by atoms with Crippen LogP contribution < -0.4 is 4.90 Å². The smallest absolute Gasteiger partial charge is 0.191 e. The van der Waals surface area contributed by atoms with Gasteiger partial charge in [-0.1, -0.05) is 41.1 Å². The number of aromatic nitrogens is 1. The van der Waals surface area contributed by atoms with Crippen molar-refractivity contribution in [2.45, 2.75) is 20.5 Å². The van der Waals surface area contributed by atoms with E-state index in [1.807, 2.05) is 12.1 Å². The van der Waals surface area contributed by atoms with Crippen LogP contribution in [0, 0.1) is 6.92 Å². The molecular weight excluding hydrogens is 268 g/mol. The largest absolute Gasteiger partial charge is 0.391 e. The molecule has 0 aliphatic carbocycles. The van der Waals surface area contributed by atoms with Gasteiger partial charge in [0.25, 0.3) is 0 Å². The van der Waals surface area contributed by atoms with Gasteiger partial charge in [-0.05, 0) is 25.5 Å². The van der Waals surface area contributed by atoms with Gasteiger partial charge in [-0.3, -0.25) is 0 Å². The fraction of sp³-hybridized carbons (Fsp3) is 0.308. The second-order valence-corrected chi connectivity index (χ2v) is 5.32. The fourth-order valence-electron chi connectivity index (χ4n) is 1.81. The molecule has 2 rings (SSSR count). The maximum absolute atomic E-state index is 9.18. The van der Waals surface area contributed by atoms with Crippen LogP contribution in [0.25, 0.3) is 0 Å². The quantitative estimate of drug-likeness (QED) is 0.928. The summed E-state index contributed by atoms with van der Waals surface area (Å²) in [6.45, 7) is 4.88. The standard InChI is InChI=1S/C13H15ClN2OS/c1-3-16(10-7-5-4-6-9(10)2)13-15-12(14)11(8-17)18-13/h4-7,17H,3,8H2,1-2H3. The highest BCUT2D eigenvalue weighted by molar-refractivity contribution is 7.16. The van der Waals surface area contributed by atoms with E-state index in [0.29, 0.717) is 10.0 Å². The van der Waals surface area contributed by atoms with Gasteiger partial charge in [0.1, 0.15) is 5.15 Å². The molecule has 0 radical (unpaired) electrons. The van der Waals surface area contributed by atoms with Crippen LogP contribution in [-0.4, -0.2) is 16.6 Å². The average Bonchev–Trinajstić information content (AvgIpc) is 2.74. The molecule has 0 aliphatic heterocycles. The molecule has 0 unspecified atom stereocenters. The number of aliphatic hydroxyl groups excluding tert-OH is 1. The lowest BCUT2D eigenvalue weighted by Crippen LogP contribution is -2.16. The Balaban J connectivity index is 2.42. The van der Waals surface area contributed by atoms with Crippen molar-refractivity contribution in [3.05, 3.63) is 39.9 Å². The number of rotatable bonds is 4. The van der Waals surface area contributed by atoms with Crippen molar-refractivity contribution >= 4 is 33.8 Å². The topological polar surface area (TPSA) is 36.4 Å². The monoisotopic (exact) mass is 282 g/mol. The van der Waals surface area contributed by atoms with Crippen LogP contribution in [0.2, 0.25) is 5.15 Å². The SMILES string of the molecule is CCN(c1nc(Cl)c(CO)s1)c1ccccc1C. The van der Waals surface area contributed by atoms with Crippen molar-refractivity contribution < 1.29 is 5.11 Å². The van der Waals surface area contributed by atoms with Crippen LogP contribution in [0.15, 0.2) is 24.3 Å². The molecule has 1 aromatic carbocycles. The molecule has 0 saturated heterocycles. The summed E-state index contributed by atoms with van der Waals surface area (Å²) in [5, 5.41) is 10.4. The Morgan fingerprint density at radius 1 is 1.39 bits per heavy atom. The summed E-state index contributed by atoms with van der Waals surface area (Å²) in [7, 11) is 0. The first-order valence-electron chi connectivity index (χ1n) is 5.76. The Labute approximate surface area is 116 Å². The van der Waals surface area contributed by atoms with E-state index in [-0.39, 0.29) is 6.61 Å². The van der Waals surface area contributed by atoms with Gasteiger partial charge in [0, 0.05) is 12.2 Å². The molecule has 2 aromatic rings. The Bertz CT molecular complexity index is 542. The average molecular weight is 283 g/mol. The van der Waals surface area contributed by atoms with Gasteiger partial charge < -0.3 is 10.0 Å². The van der Waals surface area contributed by atoms with Gasteiger partial charge in [-0.2, -0.15) is 0 Å². The predicted molar refractivity (Wildman–Crippen MR) is 76.9 cm³/mol. The molecule has 1 heterocycles.